The summed E-state index contributed by atoms with van der Waals surface area (Å²) in [5.74, 6) is 0. The Morgan fingerprint density at radius 1 is 1.06 bits per heavy atom. The second kappa shape index (κ2) is 4.21. The maximum Gasteiger partial charge on any atom is 0.137 e. The summed E-state index contributed by atoms with van der Waals surface area (Å²) in [7, 11) is 0. The van der Waals surface area contributed by atoms with Crippen LogP contribution in [0.1, 0.15) is 5.69 Å². The molecule has 0 saturated heterocycles. The molecule has 1 aromatic carbocycles. The Kier molecular flexibility index (Phi) is 2.42. The van der Waals surface area contributed by atoms with Gasteiger partial charge in [-0.2, -0.15) is 10.2 Å². The Morgan fingerprint density at radius 2 is 1.94 bits per heavy atom. The maximum atomic E-state index is 4.48. The molecule has 84 valence electrons. The Hall–Kier alpha value is -2.43. The van der Waals surface area contributed by atoms with Crippen molar-refractivity contribution in [2.45, 2.75) is 6.54 Å². The van der Waals surface area contributed by atoms with Gasteiger partial charge in [0.05, 0.1) is 17.9 Å². The van der Waals surface area contributed by atoms with Gasteiger partial charge in [0.1, 0.15) is 12.7 Å². The normalized spacial score (nSPS) is 10.6. The van der Waals surface area contributed by atoms with Crippen molar-refractivity contribution in [3.8, 4) is 5.69 Å². The summed E-state index contributed by atoms with van der Waals surface area (Å²) in [6.07, 6.45) is 5.15. The number of rotatable bonds is 3. The van der Waals surface area contributed by atoms with Gasteiger partial charge in [0.25, 0.3) is 0 Å². The van der Waals surface area contributed by atoms with Gasteiger partial charge in [0.2, 0.25) is 0 Å². The lowest BCUT2D eigenvalue weighted by molar-refractivity contribution is 0.661. The van der Waals surface area contributed by atoms with E-state index in [2.05, 4.69) is 15.2 Å². The molecule has 0 aliphatic heterocycles. The van der Waals surface area contributed by atoms with Gasteiger partial charge in [-0.15, -0.1) is 0 Å². The van der Waals surface area contributed by atoms with Crippen molar-refractivity contribution in [3.05, 3.63) is 60.9 Å². The summed E-state index contributed by atoms with van der Waals surface area (Å²) in [5, 5.41) is 8.53. The highest BCUT2D eigenvalue weighted by Gasteiger charge is 2.01. The first-order chi connectivity index (χ1) is 8.42. The molecule has 3 rings (SSSR count). The van der Waals surface area contributed by atoms with E-state index in [1.165, 1.54) is 6.33 Å². The second-order valence-corrected chi connectivity index (χ2v) is 3.68. The van der Waals surface area contributed by atoms with Crippen LogP contribution in [-0.4, -0.2) is 24.5 Å². The Bertz CT molecular complexity index is 582. The van der Waals surface area contributed by atoms with E-state index in [0.717, 1.165) is 11.4 Å². The first-order valence-corrected chi connectivity index (χ1v) is 5.34. The molecule has 5 nitrogen and oxygen atoms in total. The van der Waals surface area contributed by atoms with Gasteiger partial charge in [0, 0.05) is 6.20 Å². The second-order valence-electron chi connectivity index (χ2n) is 3.68. The smallest absolute Gasteiger partial charge is 0.137 e. The molecule has 2 heterocycles. The number of benzene rings is 1. The van der Waals surface area contributed by atoms with E-state index in [4.69, 9.17) is 0 Å². The molecule has 0 aliphatic rings. The minimum Gasteiger partial charge on any atom is -0.247 e. The van der Waals surface area contributed by atoms with Gasteiger partial charge in [-0.1, -0.05) is 18.2 Å². The van der Waals surface area contributed by atoms with E-state index in [9.17, 15) is 0 Å². The fraction of sp³-hybridized carbons (Fsp3) is 0.0833. The van der Waals surface area contributed by atoms with Crippen LogP contribution in [0.25, 0.3) is 5.69 Å². The van der Waals surface area contributed by atoms with E-state index in [0.29, 0.717) is 6.54 Å². The molecule has 0 unspecified atom stereocenters. The van der Waals surface area contributed by atoms with E-state index >= 15 is 0 Å². The maximum absolute atomic E-state index is 4.48. The van der Waals surface area contributed by atoms with Crippen LogP contribution < -0.4 is 0 Å². The number of aromatic nitrogens is 5. The highest BCUT2D eigenvalue weighted by Crippen LogP contribution is 2.07. The van der Waals surface area contributed by atoms with Crippen molar-refractivity contribution >= 4 is 0 Å². The minimum absolute atomic E-state index is 0.639. The monoisotopic (exact) mass is 225 g/mol. The van der Waals surface area contributed by atoms with Gasteiger partial charge >= 0.3 is 0 Å². The number of para-hydroxylation sites is 1. The van der Waals surface area contributed by atoms with E-state index in [1.54, 1.807) is 11.0 Å². The third kappa shape index (κ3) is 2.08. The van der Waals surface area contributed by atoms with E-state index < -0.39 is 0 Å². The van der Waals surface area contributed by atoms with Gasteiger partial charge in [-0.05, 0) is 18.2 Å². The van der Waals surface area contributed by atoms with Crippen LogP contribution in [0.4, 0.5) is 0 Å². The summed E-state index contributed by atoms with van der Waals surface area (Å²) in [4.78, 5) is 3.90. The summed E-state index contributed by atoms with van der Waals surface area (Å²) >= 11 is 0. The van der Waals surface area contributed by atoms with E-state index in [1.807, 2.05) is 47.3 Å². The Balaban J connectivity index is 1.84. The fourth-order valence-corrected chi connectivity index (χ4v) is 1.65. The summed E-state index contributed by atoms with van der Waals surface area (Å²) in [6, 6.07) is 12.0. The fourth-order valence-electron chi connectivity index (χ4n) is 1.65. The molecule has 0 atom stereocenters. The van der Waals surface area contributed by atoms with Gasteiger partial charge in [0.15, 0.2) is 0 Å². The lowest BCUT2D eigenvalue weighted by Gasteiger charge is -2.00. The third-order valence-electron chi connectivity index (χ3n) is 2.46. The van der Waals surface area contributed by atoms with Crippen molar-refractivity contribution in [1.29, 1.82) is 0 Å². The predicted octanol–water partition coefficient (Wildman–Crippen LogP) is 1.51. The molecule has 0 radical (unpaired) electrons. The first-order valence-electron chi connectivity index (χ1n) is 5.34. The van der Waals surface area contributed by atoms with Crippen LogP contribution in [0.3, 0.4) is 0 Å². The van der Waals surface area contributed by atoms with Crippen molar-refractivity contribution < 1.29 is 0 Å². The molecule has 0 saturated carbocycles. The van der Waals surface area contributed by atoms with Crippen molar-refractivity contribution in [1.82, 2.24) is 24.5 Å². The van der Waals surface area contributed by atoms with Crippen LogP contribution in [-0.2, 0) is 6.54 Å². The number of hydrogen-bond acceptors (Lipinski definition) is 3. The molecular formula is C12H11N5. The van der Waals surface area contributed by atoms with Gasteiger partial charge in [-0.25, -0.2) is 14.3 Å². The zero-order chi connectivity index (χ0) is 11.5. The van der Waals surface area contributed by atoms with Crippen molar-refractivity contribution in [2.24, 2.45) is 0 Å². The third-order valence-corrected chi connectivity index (χ3v) is 2.46. The molecule has 2 aromatic heterocycles. The number of hydrogen-bond donors (Lipinski definition) is 0. The number of nitrogens with zero attached hydrogens (tertiary/aromatic N) is 5. The standard InChI is InChI=1S/C12H11N5/c1-2-4-12(5-3-1)17-7-6-11(15-17)8-16-10-13-9-14-16/h1-7,9-10H,8H2. The molecule has 5 heteroatoms. The molecule has 0 fully saturated rings. The quantitative estimate of drug-likeness (QED) is 0.679. The summed E-state index contributed by atoms with van der Waals surface area (Å²) in [6.45, 7) is 0.639. The molecule has 0 N–H and O–H groups in total. The van der Waals surface area contributed by atoms with Gasteiger partial charge < -0.3 is 0 Å². The highest BCUT2D eigenvalue weighted by molar-refractivity contribution is 5.30. The average Bonchev–Trinajstić information content (AvgIpc) is 3.02. The summed E-state index contributed by atoms with van der Waals surface area (Å²) < 4.78 is 3.60. The van der Waals surface area contributed by atoms with Crippen LogP contribution >= 0.6 is 0 Å². The molecule has 0 aliphatic carbocycles. The Labute approximate surface area is 98.3 Å². The molecule has 0 spiro atoms. The van der Waals surface area contributed by atoms with E-state index in [-0.39, 0.29) is 0 Å². The first kappa shape index (κ1) is 9.77. The topological polar surface area (TPSA) is 48.5 Å². The largest absolute Gasteiger partial charge is 0.247 e. The minimum atomic E-state index is 0.639. The van der Waals surface area contributed by atoms with Crippen molar-refractivity contribution in [2.75, 3.05) is 0 Å². The van der Waals surface area contributed by atoms with Crippen LogP contribution in [0.5, 0.6) is 0 Å². The zero-order valence-corrected chi connectivity index (χ0v) is 9.14. The molecular weight excluding hydrogens is 214 g/mol. The lowest BCUT2D eigenvalue weighted by atomic mass is 10.3. The molecule has 17 heavy (non-hydrogen) atoms. The predicted molar refractivity (Wildman–Crippen MR) is 62.7 cm³/mol. The van der Waals surface area contributed by atoms with Crippen molar-refractivity contribution in [3.63, 3.8) is 0 Å². The molecule has 3 aromatic rings. The Morgan fingerprint density at radius 3 is 2.71 bits per heavy atom. The van der Waals surface area contributed by atoms with Crippen LogP contribution in [0, 0.1) is 0 Å². The van der Waals surface area contributed by atoms with Gasteiger partial charge in [-0.3, -0.25) is 0 Å². The highest BCUT2D eigenvalue weighted by atomic mass is 15.3. The molecule has 0 amide bonds. The molecule has 0 bridgehead atoms. The SMILES string of the molecule is c1ccc(-n2ccc(Cn3cncn3)n2)cc1. The summed E-state index contributed by atoms with van der Waals surface area (Å²) in [5.41, 5.74) is 2.01. The van der Waals surface area contributed by atoms with Crippen LogP contribution in [0.2, 0.25) is 0 Å². The zero-order valence-electron chi connectivity index (χ0n) is 9.14. The lowest BCUT2D eigenvalue weighted by Crippen LogP contribution is -2.02. The van der Waals surface area contributed by atoms with Crippen LogP contribution in [0.15, 0.2) is 55.2 Å². The average molecular weight is 225 g/mol.